The van der Waals surface area contributed by atoms with Crippen molar-refractivity contribution in [3.05, 3.63) is 54.4 Å². The molecule has 2 aromatic carbocycles. The van der Waals surface area contributed by atoms with E-state index in [1.54, 1.807) is 0 Å². The van der Waals surface area contributed by atoms with Crippen molar-refractivity contribution >= 4 is 10.8 Å². The lowest BCUT2D eigenvalue weighted by molar-refractivity contribution is 0.301. The van der Waals surface area contributed by atoms with Crippen LogP contribution in [0.5, 0.6) is 5.75 Å². The summed E-state index contributed by atoms with van der Waals surface area (Å²) >= 11 is 0. The van der Waals surface area contributed by atoms with E-state index in [-0.39, 0.29) is 0 Å². The second-order valence-corrected chi connectivity index (χ2v) is 4.77. The minimum Gasteiger partial charge on any atom is -0.487 e. The van der Waals surface area contributed by atoms with Gasteiger partial charge in [-0.2, -0.15) is 0 Å². The Kier molecular flexibility index (Phi) is 3.63. The van der Waals surface area contributed by atoms with Gasteiger partial charge in [0.05, 0.1) is 6.20 Å². The molecule has 4 heteroatoms. The van der Waals surface area contributed by atoms with Gasteiger partial charge in [0, 0.05) is 6.54 Å². The average molecular weight is 267 g/mol. The summed E-state index contributed by atoms with van der Waals surface area (Å²) in [6.07, 6.45) is 2.98. The molecule has 0 aliphatic rings. The topological polar surface area (TPSA) is 39.9 Å². The molecule has 1 aromatic heterocycles. The second-order valence-electron chi connectivity index (χ2n) is 4.77. The molecule has 0 saturated heterocycles. The first kappa shape index (κ1) is 12.7. The van der Waals surface area contributed by atoms with Crippen LogP contribution < -0.4 is 4.74 Å². The highest BCUT2D eigenvalue weighted by molar-refractivity contribution is 5.83. The van der Waals surface area contributed by atoms with Crippen molar-refractivity contribution in [2.24, 2.45) is 0 Å². The Morgan fingerprint density at radius 2 is 1.95 bits per heavy atom. The number of fused-ring (bicyclic) bond motifs is 1. The molecule has 3 rings (SSSR count). The van der Waals surface area contributed by atoms with Gasteiger partial charge in [0.15, 0.2) is 0 Å². The van der Waals surface area contributed by atoms with Crippen LogP contribution in [0.3, 0.4) is 0 Å². The second kappa shape index (κ2) is 5.74. The van der Waals surface area contributed by atoms with Crippen molar-refractivity contribution in [1.82, 2.24) is 15.0 Å². The predicted molar refractivity (Wildman–Crippen MR) is 78.6 cm³/mol. The summed E-state index contributed by atoms with van der Waals surface area (Å²) in [5, 5.41) is 10.6. The molecule has 20 heavy (non-hydrogen) atoms. The van der Waals surface area contributed by atoms with Gasteiger partial charge in [0.1, 0.15) is 18.1 Å². The van der Waals surface area contributed by atoms with Gasteiger partial charge in [0.2, 0.25) is 0 Å². The predicted octanol–water partition coefficient (Wildman–Crippen LogP) is 3.42. The van der Waals surface area contributed by atoms with Crippen molar-refractivity contribution in [3.8, 4) is 5.75 Å². The number of benzene rings is 2. The Balaban J connectivity index is 1.69. The minimum absolute atomic E-state index is 0.446. The van der Waals surface area contributed by atoms with Gasteiger partial charge in [-0.1, -0.05) is 42.5 Å². The number of hydrogen-bond donors (Lipinski definition) is 0. The molecule has 0 radical (unpaired) electrons. The number of aryl methyl sites for hydroxylation is 1. The molecular weight excluding hydrogens is 250 g/mol. The fourth-order valence-corrected chi connectivity index (χ4v) is 2.16. The van der Waals surface area contributed by atoms with Crippen molar-refractivity contribution in [1.29, 1.82) is 0 Å². The maximum Gasteiger partial charge on any atom is 0.134 e. The number of rotatable bonds is 5. The molecule has 0 saturated carbocycles. The molecule has 102 valence electrons. The van der Waals surface area contributed by atoms with Crippen LogP contribution in [-0.2, 0) is 13.2 Å². The van der Waals surface area contributed by atoms with Gasteiger partial charge in [-0.15, -0.1) is 5.10 Å². The monoisotopic (exact) mass is 267 g/mol. The van der Waals surface area contributed by atoms with E-state index in [1.807, 2.05) is 35.1 Å². The summed E-state index contributed by atoms with van der Waals surface area (Å²) in [5.41, 5.74) is 0.853. The van der Waals surface area contributed by atoms with Crippen LogP contribution in [0.15, 0.2) is 48.7 Å². The van der Waals surface area contributed by atoms with Crippen LogP contribution >= 0.6 is 0 Å². The summed E-state index contributed by atoms with van der Waals surface area (Å²) in [6, 6.07) is 14.3. The molecule has 0 unspecified atom stereocenters. The first-order valence-electron chi connectivity index (χ1n) is 6.86. The third-order valence-corrected chi connectivity index (χ3v) is 3.15. The van der Waals surface area contributed by atoms with Crippen LogP contribution in [0.1, 0.15) is 19.0 Å². The Labute approximate surface area is 118 Å². The fraction of sp³-hybridized carbons (Fsp3) is 0.250. The molecule has 0 aliphatic carbocycles. The molecule has 0 spiro atoms. The summed E-state index contributed by atoms with van der Waals surface area (Å²) in [4.78, 5) is 0. The first-order chi connectivity index (χ1) is 9.85. The van der Waals surface area contributed by atoms with Crippen molar-refractivity contribution < 1.29 is 4.74 Å². The summed E-state index contributed by atoms with van der Waals surface area (Å²) in [7, 11) is 0. The van der Waals surface area contributed by atoms with Crippen molar-refractivity contribution in [3.63, 3.8) is 0 Å². The Morgan fingerprint density at radius 3 is 2.80 bits per heavy atom. The maximum absolute atomic E-state index is 5.78. The Hall–Kier alpha value is -2.36. The molecule has 0 atom stereocenters. The van der Waals surface area contributed by atoms with Crippen LogP contribution in [0.25, 0.3) is 10.8 Å². The van der Waals surface area contributed by atoms with Gasteiger partial charge >= 0.3 is 0 Å². The SMILES string of the molecule is CCCn1cc(COc2ccc3ccccc3c2)nn1. The maximum atomic E-state index is 5.78. The molecule has 3 aromatic rings. The third kappa shape index (κ3) is 2.79. The quantitative estimate of drug-likeness (QED) is 0.711. The van der Waals surface area contributed by atoms with E-state index in [1.165, 1.54) is 10.8 Å². The fourth-order valence-electron chi connectivity index (χ4n) is 2.16. The molecule has 0 fully saturated rings. The van der Waals surface area contributed by atoms with Crippen LogP contribution in [0.2, 0.25) is 0 Å². The zero-order valence-electron chi connectivity index (χ0n) is 11.5. The molecule has 1 heterocycles. The van der Waals surface area contributed by atoms with Gasteiger partial charge in [-0.05, 0) is 29.3 Å². The lowest BCUT2D eigenvalue weighted by atomic mass is 10.1. The zero-order chi connectivity index (χ0) is 13.8. The van der Waals surface area contributed by atoms with Crippen molar-refractivity contribution in [2.45, 2.75) is 26.5 Å². The summed E-state index contributed by atoms with van der Waals surface area (Å²) in [6.45, 7) is 3.46. The number of aromatic nitrogens is 3. The van der Waals surface area contributed by atoms with E-state index in [0.717, 1.165) is 24.4 Å². The largest absolute Gasteiger partial charge is 0.487 e. The van der Waals surface area contributed by atoms with E-state index in [9.17, 15) is 0 Å². The molecule has 0 N–H and O–H groups in total. The Bertz CT molecular complexity index is 706. The lowest BCUT2D eigenvalue weighted by Gasteiger charge is -2.05. The lowest BCUT2D eigenvalue weighted by Crippen LogP contribution is -1.97. The molecule has 0 aliphatic heterocycles. The van der Waals surface area contributed by atoms with Crippen LogP contribution in [-0.4, -0.2) is 15.0 Å². The highest BCUT2D eigenvalue weighted by atomic mass is 16.5. The highest BCUT2D eigenvalue weighted by Crippen LogP contribution is 2.21. The molecular formula is C16H17N3O. The third-order valence-electron chi connectivity index (χ3n) is 3.15. The van der Waals surface area contributed by atoms with E-state index in [0.29, 0.717) is 6.61 Å². The van der Waals surface area contributed by atoms with E-state index in [2.05, 4.69) is 35.4 Å². The number of nitrogens with zero attached hydrogens (tertiary/aromatic N) is 3. The van der Waals surface area contributed by atoms with Gasteiger partial charge in [-0.3, -0.25) is 4.68 Å². The van der Waals surface area contributed by atoms with Gasteiger partial charge in [-0.25, -0.2) is 0 Å². The summed E-state index contributed by atoms with van der Waals surface area (Å²) in [5.74, 6) is 0.855. The van der Waals surface area contributed by atoms with Crippen LogP contribution in [0.4, 0.5) is 0 Å². The number of ether oxygens (including phenoxy) is 1. The highest BCUT2D eigenvalue weighted by Gasteiger charge is 2.02. The van der Waals surface area contributed by atoms with Crippen molar-refractivity contribution in [2.75, 3.05) is 0 Å². The van der Waals surface area contributed by atoms with E-state index in [4.69, 9.17) is 4.74 Å². The standard InChI is InChI=1S/C16H17N3O/c1-2-9-19-11-15(17-18-19)12-20-16-8-7-13-5-3-4-6-14(13)10-16/h3-8,10-11H,2,9,12H2,1H3. The van der Waals surface area contributed by atoms with Crippen LogP contribution in [0, 0.1) is 0 Å². The molecule has 4 nitrogen and oxygen atoms in total. The van der Waals surface area contributed by atoms with Gasteiger partial charge < -0.3 is 4.74 Å². The van der Waals surface area contributed by atoms with E-state index < -0.39 is 0 Å². The minimum atomic E-state index is 0.446. The van der Waals surface area contributed by atoms with Gasteiger partial charge in [0.25, 0.3) is 0 Å². The Morgan fingerprint density at radius 1 is 1.10 bits per heavy atom. The average Bonchev–Trinajstić information content (AvgIpc) is 2.93. The number of hydrogen-bond acceptors (Lipinski definition) is 3. The molecule has 0 amide bonds. The smallest absolute Gasteiger partial charge is 0.134 e. The zero-order valence-corrected chi connectivity index (χ0v) is 11.5. The summed E-state index contributed by atoms with van der Waals surface area (Å²) < 4.78 is 7.62. The molecule has 0 bridgehead atoms. The normalized spacial score (nSPS) is 10.8. The first-order valence-corrected chi connectivity index (χ1v) is 6.86. The van der Waals surface area contributed by atoms with E-state index >= 15 is 0 Å².